The summed E-state index contributed by atoms with van der Waals surface area (Å²) in [5.41, 5.74) is 2.33. The first-order valence-corrected chi connectivity index (χ1v) is 13.3. The van der Waals surface area contributed by atoms with E-state index in [-0.39, 0.29) is 23.7 Å². The molecule has 0 bridgehead atoms. The summed E-state index contributed by atoms with van der Waals surface area (Å²) in [6.07, 6.45) is 1.99. The third-order valence-electron chi connectivity index (χ3n) is 6.07. The summed E-state index contributed by atoms with van der Waals surface area (Å²) in [6, 6.07) is 5.22. The number of benzene rings is 1. The maximum Gasteiger partial charge on any atom is 0.242 e. The third kappa shape index (κ3) is 7.77. The molecule has 0 radical (unpaired) electrons. The largest absolute Gasteiger partial charge is 0.491 e. The zero-order valence-corrected chi connectivity index (χ0v) is 23.3. The van der Waals surface area contributed by atoms with Gasteiger partial charge >= 0.3 is 0 Å². The average molecular weight is 528 g/mol. The second-order valence-electron chi connectivity index (χ2n) is 10.2. The van der Waals surface area contributed by atoms with Crippen molar-refractivity contribution in [2.24, 2.45) is 11.8 Å². The summed E-state index contributed by atoms with van der Waals surface area (Å²) in [6.45, 7) is 11.9. The number of ether oxygens (including phenoxy) is 2. The Balaban J connectivity index is 1.56. The predicted octanol–water partition coefficient (Wildman–Crippen LogP) is 3.11. The molecule has 3 rings (SSSR count). The van der Waals surface area contributed by atoms with Crippen molar-refractivity contribution in [3.8, 4) is 5.75 Å². The van der Waals surface area contributed by atoms with Gasteiger partial charge in [0.25, 0.3) is 0 Å². The summed E-state index contributed by atoms with van der Waals surface area (Å²) >= 11 is 0. The quantitative estimate of drug-likeness (QED) is 0.257. The number of hydrogen-bond acceptors (Lipinski definition) is 8. The number of rotatable bonds is 15. The molecule has 0 aliphatic heterocycles. The molecule has 11 nitrogen and oxygen atoms in total. The number of fused-ring (bicyclic) bond motifs is 3. The molecule has 2 amide bonds. The predicted molar refractivity (Wildman–Crippen MR) is 147 cm³/mol. The summed E-state index contributed by atoms with van der Waals surface area (Å²) in [5.74, 6) is 2.14. The highest BCUT2D eigenvalue weighted by atomic mass is 16.5. The van der Waals surface area contributed by atoms with Gasteiger partial charge in [-0.25, -0.2) is 4.98 Å². The first kappa shape index (κ1) is 29.1. The standard InChI is InChI=1S/C27H41N7O4/c1-17(2)15-23(35)31-24(18(3)4)27(36)29-12-8-7-11-28-25-26-33-32-19(5)34(26)22-10-9-20(16-21(22)30-25)38-14-13-37-6/h9-10,16-18,24H,7-8,11-15H2,1-6H3,(H,28,30)(H,29,36)(H,31,35). The number of nitrogens with one attached hydrogen (secondary N) is 3. The molecule has 3 N–H and O–H groups in total. The number of aryl methyl sites for hydroxylation is 1. The van der Waals surface area contributed by atoms with Gasteiger partial charge in [-0.1, -0.05) is 27.7 Å². The zero-order chi connectivity index (χ0) is 27.7. The fourth-order valence-electron chi connectivity index (χ4n) is 4.12. The Morgan fingerprint density at radius 3 is 2.53 bits per heavy atom. The minimum atomic E-state index is -0.533. The summed E-state index contributed by atoms with van der Waals surface area (Å²) in [7, 11) is 1.64. The smallest absolute Gasteiger partial charge is 0.242 e. The van der Waals surface area contributed by atoms with Gasteiger partial charge in [-0.2, -0.15) is 0 Å². The van der Waals surface area contributed by atoms with Crippen molar-refractivity contribution >= 4 is 34.3 Å². The first-order valence-electron chi connectivity index (χ1n) is 13.3. The van der Waals surface area contributed by atoms with Crippen LogP contribution in [-0.2, 0) is 14.3 Å². The summed E-state index contributed by atoms with van der Waals surface area (Å²) in [5, 5.41) is 17.8. The third-order valence-corrected chi connectivity index (χ3v) is 6.07. The Hall–Kier alpha value is -3.47. The lowest BCUT2D eigenvalue weighted by atomic mass is 10.0. The molecule has 0 spiro atoms. The number of unbranched alkanes of at least 4 members (excludes halogenated alkanes) is 1. The van der Waals surface area contributed by atoms with Crippen LogP contribution in [-0.4, -0.2) is 70.9 Å². The van der Waals surface area contributed by atoms with E-state index in [1.165, 1.54) is 0 Å². The van der Waals surface area contributed by atoms with Crippen LogP contribution in [0.4, 0.5) is 5.82 Å². The van der Waals surface area contributed by atoms with Gasteiger partial charge < -0.3 is 25.4 Å². The summed E-state index contributed by atoms with van der Waals surface area (Å²) < 4.78 is 12.8. The minimum absolute atomic E-state index is 0.00618. The first-order chi connectivity index (χ1) is 18.2. The number of anilines is 1. The van der Waals surface area contributed by atoms with Gasteiger partial charge in [0.05, 0.1) is 17.6 Å². The van der Waals surface area contributed by atoms with Crippen LogP contribution in [0.25, 0.3) is 16.7 Å². The molecule has 2 aromatic heterocycles. The van der Waals surface area contributed by atoms with E-state index in [9.17, 15) is 9.59 Å². The molecule has 0 saturated carbocycles. The van der Waals surface area contributed by atoms with E-state index in [0.29, 0.717) is 49.9 Å². The second kappa shape index (κ2) is 13.9. The fourth-order valence-corrected chi connectivity index (χ4v) is 4.12. The number of amides is 2. The average Bonchev–Trinajstić information content (AvgIpc) is 3.25. The zero-order valence-electron chi connectivity index (χ0n) is 23.3. The van der Waals surface area contributed by atoms with Crippen molar-refractivity contribution in [1.29, 1.82) is 0 Å². The number of aromatic nitrogens is 4. The lowest BCUT2D eigenvalue weighted by Crippen LogP contribution is -2.50. The van der Waals surface area contributed by atoms with E-state index >= 15 is 0 Å². The van der Waals surface area contributed by atoms with Crippen LogP contribution in [0.1, 0.15) is 52.8 Å². The summed E-state index contributed by atoms with van der Waals surface area (Å²) in [4.78, 5) is 29.6. The molecule has 0 fully saturated rings. The van der Waals surface area contributed by atoms with E-state index in [4.69, 9.17) is 14.5 Å². The minimum Gasteiger partial charge on any atom is -0.491 e. The Morgan fingerprint density at radius 1 is 1.05 bits per heavy atom. The maximum absolute atomic E-state index is 12.7. The van der Waals surface area contributed by atoms with Crippen LogP contribution in [0.15, 0.2) is 18.2 Å². The fraction of sp³-hybridized carbons (Fsp3) is 0.593. The monoisotopic (exact) mass is 527 g/mol. The molecule has 1 aromatic carbocycles. The van der Waals surface area contributed by atoms with Gasteiger partial charge in [0.2, 0.25) is 17.5 Å². The van der Waals surface area contributed by atoms with Crippen molar-refractivity contribution in [3.63, 3.8) is 0 Å². The van der Waals surface area contributed by atoms with Gasteiger partial charge in [0.15, 0.2) is 5.82 Å². The molecule has 0 aliphatic carbocycles. The Morgan fingerprint density at radius 2 is 1.82 bits per heavy atom. The lowest BCUT2D eigenvalue weighted by molar-refractivity contribution is -0.130. The molecule has 38 heavy (non-hydrogen) atoms. The Bertz CT molecular complexity index is 1230. The maximum atomic E-state index is 12.7. The second-order valence-corrected chi connectivity index (χ2v) is 10.2. The SMILES string of the molecule is COCCOc1ccc2c(c1)nc(NCCCCNC(=O)C(NC(=O)CC(C)C)C(C)C)c1nnc(C)n12. The van der Waals surface area contributed by atoms with Gasteiger partial charge in [0, 0.05) is 32.7 Å². The molecule has 0 saturated heterocycles. The van der Waals surface area contributed by atoms with Crippen LogP contribution in [0.2, 0.25) is 0 Å². The highest BCUT2D eigenvalue weighted by molar-refractivity contribution is 5.88. The van der Waals surface area contributed by atoms with Gasteiger partial charge in [0.1, 0.15) is 24.2 Å². The molecule has 3 aromatic rings. The van der Waals surface area contributed by atoms with Crippen LogP contribution in [0, 0.1) is 18.8 Å². The number of carbonyl (C=O) groups excluding carboxylic acids is 2. The Labute approximate surface area is 224 Å². The Kier molecular flexibility index (Phi) is 10.6. The van der Waals surface area contributed by atoms with Gasteiger partial charge in [-0.3, -0.25) is 14.0 Å². The molecule has 1 atom stereocenters. The van der Waals surface area contributed by atoms with Crippen LogP contribution in [0.5, 0.6) is 5.75 Å². The van der Waals surface area contributed by atoms with Gasteiger partial charge in [-0.15, -0.1) is 10.2 Å². The molecule has 1 unspecified atom stereocenters. The van der Waals surface area contributed by atoms with Crippen molar-refractivity contribution in [2.75, 3.05) is 38.7 Å². The number of hydrogen-bond donors (Lipinski definition) is 3. The van der Waals surface area contributed by atoms with Crippen molar-refractivity contribution in [1.82, 2.24) is 30.2 Å². The number of methoxy groups -OCH3 is 1. The topological polar surface area (TPSA) is 132 Å². The molecular weight excluding hydrogens is 486 g/mol. The lowest BCUT2D eigenvalue weighted by Gasteiger charge is -2.22. The van der Waals surface area contributed by atoms with E-state index in [1.807, 2.05) is 57.2 Å². The van der Waals surface area contributed by atoms with E-state index < -0.39 is 6.04 Å². The molecule has 0 aliphatic rings. The highest BCUT2D eigenvalue weighted by Crippen LogP contribution is 2.25. The van der Waals surface area contributed by atoms with Gasteiger partial charge in [-0.05, 0) is 43.7 Å². The van der Waals surface area contributed by atoms with Crippen LogP contribution >= 0.6 is 0 Å². The van der Waals surface area contributed by atoms with E-state index in [0.717, 1.165) is 29.7 Å². The van der Waals surface area contributed by atoms with E-state index in [2.05, 4.69) is 26.1 Å². The van der Waals surface area contributed by atoms with Crippen LogP contribution in [0.3, 0.4) is 0 Å². The normalized spacial score (nSPS) is 12.3. The molecule has 11 heteroatoms. The van der Waals surface area contributed by atoms with E-state index in [1.54, 1.807) is 7.11 Å². The van der Waals surface area contributed by atoms with Crippen molar-refractivity contribution in [2.45, 2.75) is 59.9 Å². The molecular formula is C27H41N7O4. The van der Waals surface area contributed by atoms with Crippen LogP contribution < -0.4 is 20.7 Å². The molecule has 208 valence electrons. The number of carbonyl (C=O) groups is 2. The number of nitrogens with zero attached hydrogens (tertiary/aromatic N) is 4. The molecule has 2 heterocycles. The van der Waals surface area contributed by atoms with Crippen molar-refractivity contribution in [3.05, 3.63) is 24.0 Å². The highest BCUT2D eigenvalue weighted by Gasteiger charge is 2.24. The van der Waals surface area contributed by atoms with Crippen molar-refractivity contribution < 1.29 is 19.1 Å².